The first-order valence-electron chi connectivity index (χ1n) is 13.0. The van der Waals surface area contributed by atoms with E-state index in [1.807, 2.05) is 36.6 Å². The third-order valence-electron chi connectivity index (χ3n) is 6.26. The number of anilines is 1. The number of nitrogens with one attached hydrogen (secondary N) is 1. The number of aryl methyl sites for hydroxylation is 1. The van der Waals surface area contributed by atoms with E-state index >= 15 is 0 Å². The van der Waals surface area contributed by atoms with Crippen LogP contribution < -0.4 is 25.0 Å². The van der Waals surface area contributed by atoms with Crippen LogP contribution in [0.5, 0.6) is 23.0 Å². The number of rotatable bonds is 10. The van der Waals surface area contributed by atoms with Gasteiger partial charge in [0.1, 0.15) is 39.7 Å². The van der Waals surface area contributed by atoms with Crippen molar-refractivity contribution in [3.8, 4) is 34.1 Å². The molecule has 0 aliphatic heterocycles. The van der Waals surface area contributed by atoms with Crippen LogP contribution in [0.15, 0.2) is 87.6 Å². The molecule has 0 fully saturated rings. The summed E-state index contributed by atoms with van der Waals surface area (Å²) in [4.78, 5) is 38.6. The highest BCUT2D eigenvalue weighted by molar-refractivity contribution is 7.15. The average Bonchev–Trinajstić information content (AvgIpc) is 3.41. The number of carbonyl (C=O) groups is 2. The molecule has 5 rings (SSSR count). The van der Waals surface area contributed by atoms with Crippen molar-refractivity contribution in [1.29, 1.82) is 0 Å². The van der Waals surface area contributed by atoms with Crippen molar-refractivity contribution in [2.75, 3.05) is 25.6 Å². The molecule has 1 N–H and O–H groups in total. The molecule has 2 heterocycles. The van der Waals surface area contributed by atoms with Gasteiger partial charge in [0.2, 0.25) is 11.2 Å². The maximum atomic E-state index is 12.9. The molecule has 1 amide bonds. The minimum absolute atomic E-state index is 0.0269. The standard InChI is InChI=1S/C32H27NO8S/c1-4-38-32(36)29-25(20-7-5-19(2)6-8-20)18-42-31(29)33-28(34)17-39-23-13-14-24-26(15-23)40-16-27(30(24)35)41-22-11-9-21(37-3)10-12-22/h5-16,18H,4,17H2,1-3H3,(H,33,34). The van der Waals surface area contributed by atoms with E-state index in [0.717, 1.165) is 11.1 Å². The summed E-state index contributed by atoms with van der Waals surface area (Å²) in [6.07, 6.45) is 1.23. The molecule has 42 heavy (non-hydrogen) atoms. The first kappa shape index (κ1) is 28.4. The van der Waals surface area contributed by atoms with Crippen molar-refractivity contribution in [1.82, 2.24) is 0 Å². The Morgan fingerprint density at radius 1 is 0.952 bits per heavy atom. The van der Waals surface area contributed by atoms with Crippen molar-refractivity contribution in [2.45, 2.75) is 13.8 Å². The topological polar surface area (TPSA) is 113 Å². The summed E-state index contributed by atoms with van der Waals surface area (Å²) in [7, 11) is 1.56. The molecule has 0 saturated heterocycles. The monoisotopic (exact) mass is 585 g/mol. The van der Waals surface area contributed by atoms with Gasteiger partial charge in [-0.2, -0.15) is 0 Å². The third-order valence-corrected chi connectivity index (χ3v) is 7.15. The smallest absolute Gasteiger partial charge is 0.341 e. The highest BCUT2D eigenvalue weighted by Crippen LogP contribution is 2.36. The molecular weight excluding hydrogens is 558 g/mol. The van der Waals surface area contributed by atoms with Gasteiger partial charge in [0.25, 0.3) is 5.91 Å². The van der Waals surface area contributed by atoms with Crippen LogP contribution in [0, 0.1) is 6.92 Å². The number of esters is 1. The summed E-state index contributed by atoms with van der Waals surface area (Å²) in [6, 6.07) is 19.2. The number of hydrogen-bond acceptors (Lipinski definition) is 9. The van der Waals surface area contributed by atoms with Crippen LogP contribution in [0.25, 0.3) is 22.1 Å². The van der Waals surface area contributed by atoms with Gasteiger partial charge in [-0.15, -0.1) is 11.3 Å². The van der Waals surface area contributed by atoms with E-state index < -0.39 is 11.9 Å². The Morgan fingerprint density at radius 2 is 1.67 bits per heavy atom. The van der Waals surface area contributed by atoms with E-state index in [4.69, 9.17) is 23.4 Å². The van der Waals surface area contributed by atoms with Gasteiger partial charge in [-0.3, -0.25) is 9.59 Å². The largest absolute Gasteiger partial charge is 0.497 e. The van der Waals surface area contributed by atoms with Crippen molar-refractivity contribution in [3.05, 3.63) is 99.7 Å². The van der Waals surface area contributed by atoms with Gasteiger partial charge >= 0.3 is 5.97 Å². The quantitative estimate of drug-likeness (QED) is 0.178. The highest BCUT2D eigenvalue weighted by atomic mass is 32.1. The number of thiophene rings is 1. The van der Waals surface area contributed by atoms with Gasteiger partial charge in [0.05, 0.1) is 19.1 Å². The first-order chi connectivity index (χ1) is 20.4. The van der Waals surface area contributed by atoms with E-state index in [1.54, 1.807) is 50.4 Å². The molecule has 0 bridgehead atoms. The van der Waals surface area contributed by atoms with Crippen LogP contribution in [0.2, 0.25) is 0 Å². The number of methoxy groups -OCH3 is 1. The van der Waals surface area contributed by atoms with E-state index in [1.165, 1.54) is 23.7 Å². The van der Waals surface area contributed by atoms with Crippen molar-refractivity contribution in [3.63, 3.8) is 0 Å². The molecule has 0 atom stereocenters. The second-order valence-electron chi connectivity index (χ2n) is 9.14. The number of amides is 1. The van der Waals surface area contributed by atoms with Crippen LogP contribution in [0.4, 0.5) is 5.00 Å². The minimum Gasteiger partial charge on any atom is -0.497 e. The second kappa shape index (κ2) is 12.6. The van der Waals surface area contributed by atoms with Gasteiger partial charge in [0, 0.05) is 17.0 Å². The van der Waals surface area contributed by atoms with Crippen LogP contribution in [0.1, 0.15) is 22.8 Å². The Hall–Kier alpha value is -5.09. The maximum Gasteiger partial charge on any atom is 0.341 e. The lowest BCUT2D eigenvalue weighted by molar-refractivity contribution is -0.118. The van der Waals surface area contributed by atoms with Crippen molar-refractivity contribution in [2.24, 2.45) is 0 Å². The number of benzene rings is 3. The molecule has 214 valence electrons. The Kier molecular flexibility index (Phi) is 8.54. The van der Waals surface area contributed by atoms with E-state index in [0.29, 0.717) is 38.8 Å². The SMILES string of the molecule is CCOC(=O)c1c(-c2ccc(C)cc2)csc1NC(=O)COc1ccc2c(=O)c(Oc3ccc(OC)cc3)coc2c1. The van der Waals surface area contributed by atoms with Gasteiger partial charge in [0.15, 0.2) is 6.61 Å². The molecule has 0 unspecified atom stereocenters. The zero-order valence-electron chi connectivity index (χ0n) is 23.1. The second-order valence-corrected chi connectivity index (χ2v) is 10.0. The van der Waals surface area contributed by atoms with Gasteiger partial charge in [-0.05, 0) is 55.8 Å². The fourth-order valence-corrected chi connectivity index (χ4v) is 5.11. The average molecular weight is 586 g/mol. The molecule has 0 aliphatic rings. The summed E-state index contributed by atoms with van der Waals surface area (Å²) in [5.74, 6) is 0.473. The Labute approximate surface area is 245 Å². The molecule has 9 nitrogen and oxygen atoms in total. The molecule has 5 aromatic rings. The lowest BCUT2D eigenvalue weighted by atomic mass is 10.0. The maximum absolute atomic E-state index is 12.9. The molecule has 2 aromatic heterocycles. The number of hydrogen-bond donors (Lipinski definition) is 1. The van der Waals surface area contributed by atoms with Crippen LogP contribution >= 0.6 is 11.3 Å². The third kappa shape index (κ3) is 6.29. The van der Waals surface area contributed by atoms with Crippen molar-refractivity contribution < 1.29 is 33.0 Å². The summed E-state index contributed by atoms with van der Waals surface area (Å²) in [5.41, 5.74) is 2.81. The molecule has 0 aliphatic carbocycles. The summed E-state index contributed by atoms with van der Waals surface area (Å²) in [6.45, 7) is 3.57. The van der Waals surface area contributed by atoms with E-state index in [9.17, 15) is 14.4 Å². The lowest BCUT2D eigenvalue weighted by Crippen LogP contribution is -2.21. The van der Waals surface area contributed by atoms with Gasteiger partial charge in [-0.25, -0.2) is 4.79 Å². The molecule has 0 radical (unpaired) electrons. The summed E-state index contributed by atoms with van der Waals surface area (Å²) < 4.78 is 27.4. The number of fused-ring (bicyclic) bond motifs is 1. The summed E-state index contributed by atoms with van der Waals surface area (Å²) >= 11 is 1.23. The zero-order chi connectivity index (χ0) is 29.6. The van der Waals surface area contributed by atoms with Crippen LogP contribution in [-0.4, -0.2) is 32.2 Å². The van der Waals surface area contributed by atoms with Crippen molar-refractivity contribution >= 4 is 39.2 Å². The van der Waals surface area contributed by atoms with E-state index in [2.05, 4.69) is 5.32 Å². The molecular formula is C32H27NO8S. The van der Waals surface area contributed by atoms with E-state index in [-0.39, 0.29) is 30.0 Å². The van der Waals surface area contributed by atoms with Crippen LogP contribution in [-0.2, 0) is 9.53 Å². The predicted molar refractivity (Wildman–Crippen MR) is 160 cm³/mol. The fourth-order valence-electron chi connectivity index (χ4n) is 4.13. The first-order valence-corrected chi connectivity index (χ1v) is 13.9. The Balaban J connectivity index is 1.28. The minimum atomic E-state index is -0.523. The molecule has 0 saturated carbocycles. The van der Waals surface area contributed by atoms with Gasteiger partial charge in [-0.1, -0.05) is 29.8 Å². The highest BCUT2D eigenvalue weighted by Gasteiger charge is 2.23. The lowest BCUT2D eigenvalue weighted by Gasteiger charge is -2.10. The molecule has 0 spiro atoms. The van der Waals surface area contributed by atoms with Gasteiger partial charge < -0.3 is 28.7 Å². The number of ether oxygens (including phenoxy) is 4. The normalized spacial score (nSPS) is 10.7. The fraction of sp³-hybridized carbons (Fsp3) is 0.156. The zero-order valence-corrected chi connectivity index (χ0v) is 23.9. The number of carbonyl (C=O) groups excluding carboxylic acids is 2. The molecule has 10 heteroatoms. The summed E-state index contributed by atoms with van der Waals surface area (Å²) in [5, 5.41) is 5.23. The Morgan fingerprint density at radius 3 is 2.38 bits per heavy atom. The predicted octanol–water partition coefficient (Wildman–Crippen LogP) is 6.83. The molecule has 3 aromatic carbocycles. The van der Waals surface area contributed by atoms with Crippen LogP contribution in [0.3, 0.4) is 0 Å². The Bertz CT molecular complexity index is 1790.